The molecule has 0 saturated heterocycles. The van der Waals surface area contributed by atoms with Crippen LogP contribution in [-0.2, 0) is 6.54 Å². The Labute approximate surface area is 158 Å². The Kier molecular flexibility index (Phi) is 4.62. The predicted molar refractivity (Wildman–Crippen MR) is 104 cm³/mol. The molecular weight excluding hydrogens is 524 g/mol. The number of nitro benzene ring substituents is 1. The predicted octanol–water partition coefficient (Wildman–Crippen LogP) is 3.56. The normalized spacial score (nSPS) is 10.9. The van der Waals surface area contributed by atoms with Crippen LogP contribution in [0.5, 0.6) is 0 Å². The highest BCUT2D eigenvalue weighted by atomic mass is 127. The van der Waals surface area contributed by atoms with Crippen molar-refractivity contribution in [3.63, 3.8) is 0 Å². The third kappa shape index (κ3) is 3.37. The molecule has 0 fully saturated rings. The van der Waals surface area contributed by atoms with Gasteiger partial charge in [-0.15, -0.1) is 0 Å². The highest BCUT2D eigenvalue weighted by molar-refractivity contribution is 14.1. The number of nitrogens with zero attached hydrogens (tertiary/aromatic N) is 3. The molecule has 3 rings (SSSR count). The van der Waals surface area contributed by atoms with Crippen molar-refractivity contribution in [3.8, 4) is 0 Å². The number of aromatic nitrogens is 2. The molecule has 3 aromatic rings. The molecular formula is C15H9I2N3O3. The summed E-state index contributed by atoms with van der Waals surface area (Å²) in [6.07, 6.45) is 1.51. The first kappa shape index (κ1) is 16.3. The van der Waals surface area contributed by atoms with Gasteiger partial charge in [0.25, 0.3) is 11.2 Å². The maximum Gasteiger partial charge on any atom is 0.269 e. The van der Waals surface area contributed by atoms with Crippen LogP contribution in [0.25, 0.3) is 10.9 Å². The van der Waals surface area contributed by atoms with E-state index in [2.05, 4.69) is 50.2 Å². The van der Waals surface area contributed by atoms with Crippen LogP contribution < -0.4 is 5.56 Å². The van der Waals surface area contributed by atoms with Gasteiger partial charge in [0, 0.05) is 19.3 Å². The van der Waals surface area contributed by atoms with E-state index in [0.29, 0.717) is 17.4 Å². The fourth-order valence-corrected chi connectivity index (χ4v) is 4.21. The molecule has 0 radical (unpaired) electrons. The summed E-state index contributed by atoms with van der Waals surface area (Å²) in [4.78, 5) is 27.2. The molecule has 0 amide bonds. The van der Waals surface area contributed by atoms with Crippen LogP contribution in [0.4, 0.5) is 5.69 Å². The lowest BCUT2D eigenvalue weighted by Gasteiger charge is -2.08. The summed E-state index contributed by atoms with van der Waals surface area (Å²) in [7, 11) is 0. The van der Waals surface area contributed by atoms with Crippen molar-refractivity contribution in [2.45, 2.75) is 6.54 Å². The highest BCUT2D eigenvalue weighted by Gasteiger charge is 2.10. The molecule has 0 bridgehead atoms. The largest absolute Gasteiger partial charge is 0.294 e. The van der Waals surface area contributed by atoms with Crippen LogP contribution in [0, 0.1) is 17.3 Å². The Morgan fingerprint density at radius 2 is 1.87 bits per heavy atom. The molecule has 0 N–H and O–H groups in total. The molecule has 0 spiro atoms. The number of non-ortho nitro benzene ring substituents is 1. The van der Waals surface area contributed by atoms with Crippen LogP contribution in [0.15, 0.2) is 47.5 Å². The highest BCUT2D eigenvalue weighted by Crippen LogP contribution is 2.20. The molecule has 0 atom stereocenters. The summed E-state index contributed by atoms with van der Waals surface area (Å²) in [6, 6.07) is 9.94. The second kappa shape index (κ2) is 6.51. The molecule has 2 aromatic carbocycles. The number of nitro groups is 1. The maximum absolute atomic E-state index is 12.6. The molecule has 1 aromatic heterocycles. The van der Waals surface area contributed by atoms with Crippen LogP contribution in [0.2, 0.25) is 0 Å². The van der Waals surface area contributed by atoms with Crippen molar-refractivity contribution in [1.29, 1.82) is 0 Å². The fourth-order valence-electron chi connectivity index (χ4n) is 2.23. The summed E-state index contributed by atoms with van der Waals surface area (Å²) in [5.41, 5.74) is 1.40. The number of halogens is 2. The average molecular weight is 533 g/mol. The summed E-state index contributed by atoms with van der Waals surface area (Å²) in [5, 5.41) is 11.2. The zero-order valence-electron chi connectivity index (χ0n) is 11.6. The summed E-state index contributed by atoms with van der Waals surface area (Å²) in [6.45, 7) is 0.321. The van der Waals surface area contributed by atoms with Crippen molar-refractivity contribution in [2.75, 3.05) is 0 Å². The minimum atomic E-state index is -0.447. The Balaban J connectivity index is 2.02. The summed E-state index contributed by atoms with van der Waals surface area (Å²) >= 11 is 4.34. The van der Waals surface area contributed by atoms with Gasteiger partial charge in [0.2, 0.25) is 0 Å². The van der Waals surface area contributed by atoms with E-state index >= 15 is 0 Å². The number of benzene rings is 2. The number of hydrogen-bond acceptors (Lipinski definition) is 4. The zero-order valence-corrected chi connectivity index (χ0v) is 15.9. The minimum Gasteiger partial charge on any atom is -0.294 e. The third-order valence-electron chi connectivity index (χ3n) is 3.35. The molecule has 0 aliphatic rings. The smallest absolute Gasteiger partial charge is 0.269 e. The van der Waals surface area contributed by atoms with E-state index in [1.165, 1.54) is 23.0 Å². The van der Waals surface area contributed by atoms with Gasteiger partial charge in [0.1, 0.15) is 0 Å². The van der Waals surface area contributed by atoms with E-state index in [1.807, 2.05) is 12.1 Å². The Hall–Kier alpha value is -1.56. The van der Waals surface area contributed by atoms with E-state index in [1.54, 1.807) is 12.1 Å². The van der Waals surface area contributed by atoms with E-state index in [9.17, 15) is 14.9 Å². The third-order valence-corrected chi connectivity index (χ3v) is 4.79. The van der Waals surface area contributed by atoms with Crippen LogP contribution >= 0.6 is 45.2 Å². The zero-order chi connectivity index (χ0) is 16.6. The van der Waals surface area contributed by atoms with Crippen molar-refractivity contribution >= 4 is 61.8 Å². The van der Waals surface area contributed by atoms with Crippen LogP contribution in [-0.4, -0.2) is 14.5 Å². The van der Waals surface area contributed by atoms with Gasteiger partial charge in [-0.25, -0.2) is 4.98 Å². The number of rotatable bonds is 3. The monoisotopic (exact) mass is 533 g/mol. The van der Waals surface area contributed by atoms with Gasteiger partial charge < -0.3 is 0 Å². The van der Waals surface area contributed by atoms with Crippen molar-refractivity contribution in [1.82, 2.24) is 9.55 Å². The molecule has 0 saturated carbocycles. The lowest BCUT2D eigenvalue weighted by Crippen LogP contribution is -2.21. The summed E-state index contributed by atoms with van der Waals surface area (Å²) in [5.74, 6) is 0. The van der Waals surface area contributed by atoms with Crippen molar-refractivity contribution < 1.29 is 4.92 Å². The second-order valence-corrected chi connectivity index (χ2v) is 7.29. The van der Waals surface area contributed by atoms with E-state index < -0.39 is 4.92 Å². The Morgan fingerprint density at radius 1 is 1.17 bits per heavy atom. The van der Waals surface area contributed by atoms with Crippen molar-refractivity contribution in [3.05, 3.63) is 75.9 Å². The molecule has 1 heterocycles. The van der Waals surface area contributed by atoms with Gasteiger partial charge in [-0.3, -0.25) is 19.5 Å². The lowest BCUT2D eigenvalue weighted by atomic mass is 10.2. The maximum atomic E-state index is 12.6. The second-order valence-electron chi connectivity index (χ2n) is 4.88. The molecule has 0 aliphatic heterocycles. The standard InChI is InChI=1S/C15H9I2N3O3/c16-10-5-12-14(13(17)6-10)18-8-19(15(12)21)7-9-1-3-11(4-2-9)20(22)23/h1-6,8H,7H2. The molecule has 23 heavy (non-hydrogen) atoms. The SMILES string of the molecule is O=c1c2cc(I)cc(I)c2ncn1Cc1ccc([N+](=O)[O-])cc1. The minimum absolute atomic E-state index is 0.0295. The molecule has 6 nitrogen and oxygen atoms in total. The topological polar surface area (TPSA) is 78.0 Å². The van der Waals surface area contributed by atoms with E-state index in [0.717, 1.165) is 12.7 Å². The fraction of sp³-hybridized carbons (Fsp3) is 0.0667. The molecule has 0 aliphatic carbocycles. The van der Waals surface area contributed by atoms with Gasteiger partial charge in [-0.2, -0.15) is 0 Å². The number of fused-ring (bicyclic) bond motifs is 1. The number of hydrogen-bond donors (Lipinski definition) is 0. The van der Waals surface area contributed by atoms with Gasteiger partial charge in [0.05, 0.1) is 28.7 Å². The van der Waals surface area contributed by atoms with Crippen LogP contribution in [0.3, 0.4) is 0 Å². The quantitative estimate of drug-likeness (QED) is 0.293. The first-order valence-electron chi connectivity index (χ1n) is 6.53. The van der Waals surface area contributed by atoms with Gasteiger partial charge in [0.15, 0.2) is 0 Å². The van der Waals surface area contributed by atoms with Gasteiger partial charge in [-0.1, -0.05) is 12.1 Å². The first-order valence-corrected chi connectivity index (χ1v) is 8.69. The molecule has 0 unspecified atom stereocenters. The Morgan fingerprint density at radius 3 is 2.52 bits per heavy atom. The summed E-state index contributed by atoms with van der Waals surface area (Å²) < 4.78 is 3.42. The van der Waals surface area contributed by atoms with E-state index in [4.69, 9.17) is 0 Å². The van der Waals surface area contributed by atoms with Gasteiger partial charge >= 0.3 is 0 Å². The molecule has 8 heteroatoms. The van der Waals surface area contributed by atoms with Crippen LogP contribution in [0.1, 0.15) is 5.56 Å². The first-order chi connectivity index (χ1) is 11.0. The average Bonchev–Trinajstić information content (AvgIpc) is 2.51. The lowest BCUT2D eigenvalue weighted by molar-refractivity contribution is -0.384. The van der Waals surface area contributed by atoms with Gasteiger partial charge in [-0.05, 0) is 62.9 Å². The molecule has 116 valence electrons. The van der Waals surface area contributed by atoms with Crippen molar-refractivity contribution in [2.24, 2.45) is 0 Å². The Bertz CT molecular complexity index is 968. The van der Waals surface area contributed by atoms with E-state index in [-0.39, 0.29) is 11.2 Å².